The number of nitrogens with zero attached hydrogens (tertiary/aromatic N) is 3. The Labute approximate surface area is 151 Å². The van der Waals surface area contributed by atoms with Crippen molar-refractivity contribution < 1.29 is 43.2 Å². The van der Waals surface area contributed by atoms with Crippen LogP contribution < -0.4 is 0 Å². The fraction of sp³-hybridized carbons (Fsp3) is 0.500. The smallest absolute Gasteiger partial charge is 0.421 e. The molecule has 0 bridgehead atoms. The molecule has 0 heterocycles. The lowest BCUT2D eigenvalue weighted by molar-refractivity contribution is -0.0444. The van der Waals surface area contributed by atoms with Crippen LogP contribution >= 0.6 is 0 Å². The van der Waals surface area contributed by atoms with Gasteiger partial charge in [0, 0.05) is 12.1 Å². The minimum Gasteiger partial charge on any atom is -0.421 e. The van der Waals surface area contributed by atoms with E-state index in [4.69, 9.17) is 5.39 Å². The van der Waals surface area contributed by atoms with Gasteiger partial charge in [-0.1, -0.05) is 25.5 Å². The largest absolute Gasteiger partial charge is 0.480 e. The lowest BCUT2D eigenvalue weighted by atomic mass is 10.1. The number of diazo groups is 1. The standard InChI is InChI=1S/C10H13N2.C2F6NO4S2/c1-2-3-4-9-5-7-10(12-11)8-6-9;3-1(4,5)14(10,11)9-15(12,13)2(6,7)8/h5-8H,2-4H2,1H3;/q+1;-1. The van der Waals surface area contributed by atoms with E-state index in [1.165, 1.54) is 18.4 Å². The molecule has 0 spiro atoms. The summed E-state index contributed by atoms with van der Waals surface area (Å²) in [7, 11) is -13.4. The number of alkyl halides is 6. The highest BCUT2D eigenvalue weighted by atomic mass is 32.3. The van der Waals surface area contributed by atoms with Crippen molar-refractivity contribution in [2.75, 3.05) is 0 Å². The van der Waals surface area contributed by atoms with Gasteiger partial charge in [-0.2, -0.15) is 26.3 Å². The van der Waals surface area contributed by atoms with Crippen molar-refractivity contribution in [2.45, 2.75) is 37.2 Å². The summed E-state index contributed by atoms with van der Waals surface area (Å²) < 4.78 is 109. The van der Waals surface area contributed by atoms with E-state index >= 15 is 0 Å². The third kappa shape index (κ3) is 8.10. The Kier molecular flexibility index (Phi) is 8.67. The maximum Gasteiger partial charge on any atom is 0.480 e. The van der Waals surface area contributed by atoms with Gasteiger partial charge in [-0.25, -0.2) is 16.8 Å². The summed E-state index contributed by atoms with van der Waals surface area (Å²) in [6.45, 7) is 2.18. The van der Waals surface area contributed by atoms with Crippen LogP contribution in [-0.2, 0) is 26.5 Å². The summed E-state index contributed by atoms with van der Waals surface area (Å²) in [6.07, 6.45) is 3.55. The third-order valence-corrected chi connectivity index (χ3v) is 5.39. The lowest BCUT2D eigenvalue weighted by Crippen LogP contribution is -2.30. The van der Waals surface area contributed by atoms with Crippen LogP contribution in [0.2, 0.25) is 0 Å². The minimum absolute atomic E-state index is 0.621. The first kappa shape index (κ1) is 25.1. The molecule has 15 heteroatoms. The third-order valence-electron chi connectivity index (χ3n) is 2.65. The quantitative estimate of drug-likeness (QED) is 0.491. The van der Waals surface area contributed by atoms with Gasteiger partial charge >= 0.3 is 16.7 Å². The predicted molar refractivity (Wildman–Crippen MR) is 83.1 cm³/mol. The Morgan fingerprint density at radius 2 is 1.33 bits per heavy atom. The monoisotopic (exact) mass is 441 g/mol. The zero-order chi connectivity index (χ0) is 21.5. The zero-order valence-corrected chi connectivity index (χ0v) is 15.1. The van der Waals surface area contributed by atoms with E-state index in [1.54, 1.807) is 0 Å². The maximum atomic E-state index is 11.4. The summed E-state index contributed by atoms with van der Waals surface area (Å²) in [5.41, 5.74) is -10.5. The fourth-order valence-electron chi connectivity index (χ4n) is 1.32. The van der Waals surface area contributed by atoms with Crippen LogP contribution in [0.5, 0.6) is 0 Å². The minimum atomic E-state index is -6.72. The summed E-state index contributed by atoms with van der Waals surface area (Å²) in [4.78, 5) is 3.09. The van der Waals surface area contributed by atoms with Crippen molar-refractivity contribution >= 4 is 25.7 Å². The van der Waals surface area contributed by atoms with E-state index in [1.807, 2.05) is 24.3 Å². The van der Waals surface area contributed by atoms with Crippen LogP contribution in [0, 0.1) is 5.39 Å². The Bertz CT molecular complexity index is 814. The molecule has 0 saturated heterocycles. The number of unbranched alkanes of at least 4 members (excludes halogenated alkanes) is 1. The molecule has 0 amide bonds. The first-order chi connectivity index (χ1) is 12.1. The Hall–Kier alpha value is -1.92. The lowest BCUT2D eigenvalue weighted by Gasteiger charge is -2.22. The van der Waals surface area contributed by atoms with Crippen LogP contribution in [0.4, 0.5) is 32.0 Å². The summed E-state index contributed by atoms with van der Waals surface area (Å²) in [5.74, 6) is 0. The van der Waals surface area contributed by atoms with E-state index in [9.17, 15) is 43.2 Å². The molecule has 0 atom stereocenters. The molecule has 0 radical (unpaired) electrons. The van der Waals surface area contributed by atoms with Crippen LogP contribution in [-0.4, -0.2) is 27.9 Å². The zero-order valence-electron chi connectivity index (χ0n) is 13.5. The van der Waals surface area contributed by atoms with Gasteiger partial charge in [-0.3, -0.25) is 0 Å². The normalized spacial score (nSPS) is 12.7. The average Bonchev–Trinajstić information content (AvgIpc) is 2.51. The van der Waals surface area contributed by atoms with Crippen LogP contribution in [0.3, 0.4) is 0 Å². The number of hydrogen-bond acceptors (Lipinski definition) is 5. The average molecular weight is 441 g/mol. The van der Waals surface area contributed by atoms with Gasteiger partial charge in [0.15, 0.2) is 25.0 Å². The number of halogens is 6. The summed E-state index contributed by atoms with van der Waals surface area (Å²) in [6, 6.07) is 7.66. The summed E-state index contributed by atoms with van der Waals surface area (Å²) in [5, 5.41) is 8.43. The molecule has 0 aliphatic carbocycles. The maximum absolute atomic E-state index is 11.4. The molecule has 1 rings (SSSR count). The van der Waals surface area contributed by atoms with Gasteiger partial charge in [-0.15, -0.1) is 0 Å². The van der Waals surface area contributed by atoms with Crippen molar-refractivity contribution in [3.63, 3.8) is 0 Å². The second-order valence-electron chi connectivity index (χ2n) is 4.79. The van der Waals surface area contributed by atoms with Gasteiger partial charge in [0.25, 0.3) is 0 Å². The molecule has 1 aromatic carbocycles. The number of aryl methyl sites for hydroxylation is 1. The first-order valence-electron chi connectivity index (χ1n) is 6.88. The van der Waals surface area contributed by atoms with Gasteiger partial charge in [0.1, 0.15) is 0 Å². The van der Waals surface area contributed by atoms with Crippen molar-refractivity contribution in [1.82, 2.24) is 0 Å². The van der Waals surface area contributed by atoms with Crippen molar-refractivity contribution in [3.05, 3.63) is 38.9 Å². The molecule has 7 nitrogen and oxygen atoms in total. The summed E-state index contributed by atoms with van der Waals surface area (Å²) >= 11 is 0. The highest BCUT2D eigenvalue weighted by Gasteiger charge is 2.46. The molecular formula is C12H13F6N3O4S2. The van der Waals surface area contributed by atoms with Crippen LogP contribution in [0.1, 0.15) is 25.3 Å². The van der Waals surface area contributed by atoms with Gasteiger partial charge in [0.2, 0.25) is 5.39 Å². The molecule has 0 unspecified atom stereocenters. The molecule has 0 aliphatic rings. The SMILES string of the molecule is CCCCc1ccc([N+]#N)cc1.O=S(=O)([N-]S(=O)(=O)C(F)(F)F)C(F)(F)F. The van der Waals surface area contributed by atoms with Crippen molar-refractivity contribution in [1.29, 1.82) is 5.39 Å². The number of hydrogen-bond donors (Lipinski definition) is 0. The van der Waals surface area contributed by atoms with Gasteiger partial charge in [0.05, 0.1) is 0 Å². The second-order valence-corrected chi connectivity index (χ2v) is 8.21. The van der Waals surface area contributed by atoms with E-state index < -0.39 is 31.1 Å². The van der Waals surface area contributed by atoms with Gasteiger partial charge in [-0.05, 0) is 18.4 Å². The molecule has 0 saturated carbocycles. The highest BCUT2D eigenvalue weighted by Crippen LogP contribution is 2.36. The number of rotatable bonds is 5. The van der Waals surface area contributed by atoms with Crippen LogP contribution in [0.15, 0.2) is 24.3 Å². The molecule has 0 fully saturated rings. The molecule has 154 valence electrons. The highest BCUT2D eigenvalue weighted by molar-refractivity contribution is 8.13. The molecule has 1 aromatic rings. The number of sulfonamides is 2. The Morgan fingerprint density at radius 3 is 1.63 bits per heavy atom. The van der Waals surface area contributed by atoms with Crippen molar-refractivity contribution in [2.24, 2.45) is 0 Å². The molecule has 27 heavy (non-hydrogen) atoms. The fourth-order valence-corrected chi connectivity index (χ4v) is 3.03. The van der Waals surface area contributed by atoms with Crippen LogP contribution in [0.25, 0.3) is 9.10 Å². The number of benzene rings is 1. The van der Waals surface area contributed by atoms with E-state index in [0.29, 0.717) is 5.69 Å². The first-order valence-corrected chi connectivity index (χ1v) is 9.76. The van der Waals surface area contributed by atoms with Gasteiger partial charge < -0.3 is 4.13 Å². The van der Waals surface area contributed by atoms with E-state index in [2.05, 4.69) is 11.9 Å². The van der Waals surface area contributed by atoms with E-state index in [0.717, 1.165) is 10.5 Å². The van der Waals surface area contributed by atoms with Crippen molar-refractivity contribution in [3.8, 4) is 0 Å². The topological polar surface area (TPSA) is 111 Å². The predicted octanol–water partition coefficient (Wildman–Crippen LogP) is 4.57. The molecule has 0 aliphatic heterocycles. The molecule has 0 aromatic heterocycles. The van der Waals surface area contributed by atoms with E-state index in [-0.39, 0.29) is 0 Å². The molecule has 0 N–H and O–H groups in total. The second kappa shape index (κ2) is 9.33. The Morgan fingerprint density at radius 1 is 0.926 bits per heavy atom. The Balaban J connectivity index is 0.000000511. The molecular weight excluding hydrogens is 428 g/mol.